The number of carboxylic acids is 1. The normalized spacial score (nSPS) is 10.6. The van der Waals surface area contributed by atoms with Crippen molar-refractivity contribution in [3.8, 4) is 0 Å². The molecular formula is C9H6FNO2S. The Labute approximate surface area is 82.6 Å². The van der Waals surface area contributed by atoms with Crippen LogP contribution in [0.2, 0.25) is 0 Å². The first-order valence-corrected chi connectivity index (χ1v) is 4.62. The number of halogens is 1. The highest BCUT2D eigenvalue weighted by molar-refractivity contribution is 7.17. The molecule has 5 heteroatoms. The van der Waals surface area contributed by atoms with Crippen LogP contribution in [-0.4, -0.2) is 11.1 Å². The molecule has 2 aromatic rings. The maximum Gasteiger partial charge on any atom is 0.340 e. The number of aromatic carboxylic acids is 1. The second kappa shape index (κ2) is 2.95. The molecule has 1 aromatic carbocycles. The lowest BCUT2D eigenvalue weighted by atomic mass is 10.1. The molecule has 0 atom stereocenters. The smallest absolute Gasteiger partial charge is 0.340 e. The van der Waals surface area contributed by atoms with Gasteiger partial charge in [0.2, 0.25) is 0 Å². The van der Waals surface area contributed by atoms with Crippen LogP contribution in [0.3, 0.4) is 0 Å². The molecule has 0 aliphatic heterocycles. The SMILES string of the molecule is Nc1ccc2sc(F)c(C(=O)O)c2c1. The summed E-state index contributed by atoms with van der Waals surface area (Å²) in [5.41, 5.74) is 5.63. The first-order chi connectivity index (χ1) is 6.59. The van der Waals surface area contributed by atoms with Crippen LogP contribution >= 0.6 is 11.3 Å². The third-order valence-corrected chi connectivity index (χ3v) is 2.84. The number of anilines is 1. The van der Waals surface area contributed by atoms with Crippen molar-refractivity contribution in [1.29, 1.82) is 0 Å². The van der Waals surface area contributed by atoms with Crippen LogP contribution in [0.5, 0.6) is 0 Å². The van der Waals surface area contributed by atoms with Gasteiger partial charge in [-0.05, 0) is 18.2 Å². The van der Waals surface area contributed by atoms with Gasteiger partial charge in [0.25, 0.3) is 0 Å². The summed E-state index contributed by atoms with van der Waals surface area (Å²) in [6.07, 6.45) is 0. The van der Waals surface area contributed by atoms with Crippen molar-refractivity contribution >= 4 is 33.1 Å². The van der Waals surface area contributed by atoms with Crippen LogP contribution < -0.4 is 5.73 Å². The number of carboxylic acid groups (broad SMARTS) is 1. The molecule has 2 rings (SSSR count). The predicted octanol–water partition coefficient (Wildman–Crippen LogP) is 2.32. The average Bonchev–Trinajstić information content (AvgIpc) is 2.40. The fraction of sp³-hybridized carbons (Fsp3) is 0. The quantitative estimate of drug-likeness (QED) is 0.711. The van der Waals surface area contributed by atoms with Gasteiger partial charge in [0.1, 0.15) is 5.56 Å². The molecule has 72 valence electrons. The molecule has 0 aliphatic carbocycles. The Bertz CT molecular complexity index is 521. The van der Waals surface area contributed by atoms with E-state index in [2.05, 4.69) is 0 Å². The van der Waals surface area contributed by atoms with E-state index in [4.69, 9.17) is 10.8 Å². The Kier molecular flexibility index (Phi) is 1.89. The standard InChI is InChI=1S/C9H6FNO2S/c10-8-7(9(12)13)5-3-4(11)1-2-6(5)14-8/h1-3H,11H2,(H,12,13). The summed E-state index contributed by atoms with van der Waals surface area (Å²) >= 11 is 0.813. The van der Waals surface area contributed by atoms with Crippen LogP contribution in [0.1, 0.15) is 10.4 Å². The van der Waals surface area contributed by atoms with Crippen molar-refractivity contribution < 1.29 is 14.3 Å². The van der Waals surface area contributed by atoms with Gasteiger partial charge in [-0.3, -0.25) is 0 Å². The predicted molar refractivity (Wildman–Crippen MR) is 53.2 cm³/mol. The van der Waals surface area contributed by atoms with Crippen molar-refractivity contribution in [3.63, 3.8) is 0 Å². The lowest BCUT2D eigenvalue weighted by molar-refractivity contribution is 0.0695. The average molecular weight is 211 g/mol. The van der Waals surface area contributed by atoms with E-state index in [0.717, 1.165) is 11.3 Å². The zero-order chi connectivity index (χ0) is 10.3. The first-order valence-electron chi connectivity index (χ1n) is 3.80. The Balaban J connectivity index is 2.86. The molecule has 0 saturated carbocycles. The fourth-order valence-corrected chi connectivity index (χ4v) is 2.18. The third kappa shape index (κ3) is 1.22. The molecule has 3 nitrogen and oxygen atoms in total. The molecule has 14 heavy (non-hydrogen) atoms. The molecule has 0 spiro atoms. The number of fused-ring (bicyclic) bond motifs is 1. The van der Waals surface area contributed by atoms with E-state index in [9.17, 15) is 9.18 Å². The highest BCUT2D eigenvalue weighted by atomic mass is 32.1. The van der Waals surface area contributed by atoms with Crippen molar-refractivity contribution in [2.75, 3.05) is 5.73 Å². The Hall–Kier alpha value is -1.62. The van der Waals surface area contributed by atoms with Crippen molar-refractivity contribution in [1.82, 2.24) is 0 Å². The summed E-state index contributed by atoms with van der Waals surface area (Å²) in [6.45, 7) is 0. The molecule has 0 aliphatic rings. The largest absolute Gasteiger partial charge is 0.478 e. The summed E-state index contributed by atoms with van der Waals surface area (Å²) < 4.78 is 13.8. The van der Waals surface area contributed by atoms with Crippen LogP contribution in [0, 0.1) is 5.13 Å². The van der Waals surface area contributed by atoms with Gasteiger partial charge in [-0.25, -0.2) is 4.79 Å². The number of hydrogen-bond donors (Lipinski definition) is 2. The van der Waals surface area contributed by atoms with Gasteiger partial charge in [0.05, 0.1) is 0 Å². The van der Waals surface area contributed by atoms with Gasteiger partial charge in [-0.1, -0.05) is 0 Å². The Morgan fingerprint density at radius 2 is 2.21 bits per heavy atom. The van der Waals surface area contributed by atoms with Gasteiger partial charge in [-0.2, -0.15) is 4.39 Å². The summed E-state index contributed by atoms with van der Waals surface area (Å²) in [4.78, 5) is 10.7. The van der Waals surface area contributed by atoms with E-state index in [0.29, 0.717) is 15.8 Å². The molecule has 0 unspecified atom stereocenters. The zero-order valence-corrected chi connectivity index (χ0v) is 7.77. The minimum absolute atomic E-state index is 0.294. The summed E-state index contributed by atoms with van der Waals surface area (Å²) in [7, 11) is 0. The van der Waals surface area contributed by atoms with Crippen LogP contribution in [-0.2, 0) is 0 Å². The van der Waals surface area contributed by atoms with Crippen LogP contribution in [0.4, 0.5) is 10.1 Å². The molecule has 1 aromatic heterocycles. The summed E-state index contributed by atoms with van der Waals surface area (Å²) in [6, 6.07) is 4.70. The minimum Gasteiger partial charge on any atom is -0.478 e. The number of rotatable bonds is 1. The van der Waals surface area contributed by atoms with E-state index in [1.54, 1.807) is 12.1 Å². The topological polar surface area (TPSA) is 63.3 Å². The number of carbonyl (C=O) groups is 1. The summed E-state index contributed by atoms with van der Waals surface area (Å²) in [5.74, 6) is -1.26. The molecule has 0 saturated heterocycles. The molecule has 3 N–H and O–H groups in total. The number of thiophene rings is 1. The maximum absolute atomic E-state index is 13.2. The van der Waals surface area contributed by atoms with E-state index >= 15 is 0 Å². The van der Waals surface area contributed by atoms with Crippen molar-refractivity contribution in [2.45, 2.75) is 0 Å². The monoisotopic (exact) mass is 211 g/mol. The Morgan fingerprint density at radius 3 is 2.86 bits per heavy atom. The van der Waals surface area contributed by atoms with Crippen LogP contribution in [0.15, 0.2) is 18.2 Å². The van der Waals surface area contributed by atoms with E-state index in [-0.39, 0.29) is 5.56 Å². The zero-order valence-electron chi connectivity index (χ0n) is 6.95. The van der Waals surface area contributed by atoms with E-state index in [1.165, 1.54) is 6.07 Å². The van der Waals surface area contributed by atoms with E-state index in [1.807, 2.05) is 0 Å². The molecule has 0 bridgehead atoms. The number of hydrogen-bond acceptors (Lipinski definition) is 3. The number of benzene rings is 1. The lowest BCUT2D eigenvalue weighted by Gasteiger charge is -1.94. The van der Waals surface area contributed by atoms with Gasteiger partial charge >= 0.3 is 5.97 Å². The summed E-state index contributed by atoms with van der Waals surface area (Å²) in [5, 5.41) is 8.45. The highest BCUT2D eigenvalue weighted by Gasteiger charge is 2.18. The van der Waals surface area contributed by atoms with Crippen LogP contribution in [0.25, 0.3) is 10.1 Å². The second-order valence-corrected chi connectivity index (χ2v) is 3.81. The third-order valence-electron chi connectivity index (χ3n) is 1.88. The highest BCUT2D eigenvalue weighted by Crippen LogP contribution is 2.31. The first kappa shape index (κ1) is 8.96. The molecule has 1 heterocycles. The lowest BCUT2D eigenvalue weighted by Crippen LogP contribution is -1.97. The van der Waals surface area contributed by atoms with Gasteiger partial charge in [0.15, 0.2) is 5.13 Å². The molecule has 0 radical (unpaired) electrons. The van der Waals surface area contributed by atoms with Crippen molar-refractivity contribution in [3.05, 3.63) is 28.9 Å². The molecule has 0 amide bonds. The molecule has 0 fully saturated rings. The van der Waals surface area contributed by atoms with Gasteiger partial charge in [-0.15, -0.1) is 11.3 Å². The van der Waals surface area contributed by atoms with Crippen molar-refractivity contribution in [2.24, 2.45) is 0 Å². The second-order valence-electron chi connectivity index (χ2n) is 2.81. The number of nitrogens with two attached hydrogens (primary N) is 1. The Morgan fingerprint density at radius 1 is 1.50 bits per heavy atom. The number of nitrogen functional groups attached to an aromatic ring is 1. The van der Waals surface area contributed by atoms with E-state index < -0.39 is 11.1 Å². The minimum atomic E-state index is -1.26. The van der Waals surface area contributed by atoms with Gasteiger partial charge in [0, 0.05) is 15.8 Å². The van der Waals surface area contributed by atoms with Gasteiger partial charge < -0.3 is 10.8 Å². The fourth-order valence-electron chi connectivity index (χ4n) is 1.28. The molecular weight excluding hydrogens is 205 g/mol. The maximum atomic E-state index is 13.2.